The second kappa shape index (κ2) is 3.13. The molecule has 0 atom stereocenters. The van der Waals surface area contributed by atoms with Gasteiger partial charge in [-0.15, -0.1) is 0 Å². The van der Waals surface area contributed by atoms with Gasteiger partial charge in [0, 0.05) is 4.47 Å². The molecule has 0 bridgehead atoms. The Morgan fingerprint density at radius 1 is 1.30 bits per heavy atom. The summed E-state index contributed by atoms with van der Waals surface area (Å²) >= 11 is 4.77. The summed E-state index contributed by atoms with van der Waals surface area (Å²) in [5.74, 6) is -1.61. The first-order valence-electron chi connectivity index (χ1n) is 2.41. The topological polar surface area (TPSA) is 0 Å². The molecule has 0 heterocycles. The van der Waals surface area contributed by atoms with E-state index in [-0.39, 0.29) is 3.57 Å². The van der Waals surface area contributed by atoms with E-state index in [0.29, 0.717) is 4.47 Å². The van der Waals surface area contributed by atoms with Crippen LogP contribution in [-0.4, -0.2) is 0 Å². The predicted molar refractivity (Wildman–Crippen MR) is 46.8 cm³/mol. The Morgan fingerprint density at radius 3 is 2.40 bits per heavy atom. The molecule has 0 unspecified atom stereocenters. The maximum absolute atomic E-state index is 12.5. The number of benzene rings is 1. The molecule has 1 rings (SSSR count). The van der Waals surface area contributed by atoms with Crippen molar-refractivity contribution in [2.75, 3.05) is 0 Å². The number of hydrogen-bond donors (Lipinski definition) is 0. The summed E-state index contributed by atoms with van der Waals surface area (Å²) < 4.78 is 25.8. The van der Waals surface area contributed by atoms with Gasteiger partial charge in [0.05, 0.1) is 3.57 Å². The Bertz CT molecular complexity index is 239. The molecular weight excluding hydrogens is 317 g/mol. The van der Waals surface area contributed by atoms with Gasteiger partial charge in [-0.25, -0.2) is 8.78 Å². The van der Waals surface area contributed by atoms with Crippen LogP contribution < -0.4 is 0 Å². The normalized spacial score (nSPS) is 10.0. The highest BCUT2D eigenvalue weighted by Crippen LogP contribution is 2.20. The van der Waals surface area contributed by atoms with Crippen LogP contribution in [0, 0.1) is 15.2 Å². The average Bonchev–Trinajstić information content (AvgIpc) is 1.82. The molecule has 1 aromatic carbocycles. The van der Waals surface area contributed by atoms with Crippen LogP contribution >= 0.6 is 38.5 Å². The Balaban J connectivity index is 3.31. The minimum atomic E-state index is -0.821. The molecule has 0 fully saturated rings. The van der Waals surface area contributed by atoms with Crippen molar-refractivity contribution < 1.29 is 8.78 Å². The maximum atomic E-state index is 12.5. The lowest BCUT2D eigenvalue weighted by Crippen LogP contribution is -1.87. The fourth-order valence-corrected chi connectivity index (χ4v) is 1.98. The van der Waals surface area contributed by atoms with Gasteiger partial charge in [0.25, 0.3) is 0 Å². The molecular formula is C6H2BrF2I. The molecule has 0 saturated heterocycles. The molecule has 0 nitrogen and oxygen atoms in total. The molecule has 0 aromatic heterocycles. The maximum Gasteiger partial charge on any atom is 0.172 e. The van der Waals surface area contributed by atoms with Crippen LogP contribution in [0.5, 0.6) is 0 Å². The summed E-state index contributed by atoms with van der Waals surface area (Å²) in [5, 5.41) is 0. The summed E-state index contributed by atoms with van der Waals surface area (Å²) in [5.41, 5.74) is 0. The van der Waals surface area contributed by atoms with E-state index in [1.165, 1.54) is 6.07 Å². The number of halogens is 4. The zero-order valence-corrected chi connectivity index (χ0v) is 8.41. The molecule has 0 N–H and O–H groups in total. The number of hydrogen-bond acceptors (Lipinski definition) is 0. The van der Waals surface area contributed by atoms with E-state index < -0.39 is 11.6 Å². The van der Waals surface area contributed by atoms with Crippen molar-refractivity contribution in [2.24, 2.45) is 0 Å². The molecule has 0 aliphatic carbocycles. The Hall–Kier alpha value is 0.290. The van der Waals surface area contributed by atoms with Crippen LogP contribution in [0.1, 0.15) is 0 Å². The smallest absolute Gasteiger partial charge is 0.172 e. The highest BCUT2D eigenvalue weighted by Gasteiger charge is 2.06. The molecule has 10 heavy (non-hydrogen) atoms. The lowest BCUT2D eigenvalue weighted by Gasteiger charge is -1.95. The van der Waals surface area contributed by atoms with E-state index in [0.717, 1.165) is 6.07 Å². The van der Waals surface area contributed by atoms with E-state index in [1.807, 2.05) is 0 Å². The van der Waals surface area contributed by atoms with E-state index in [2.05, 4.69) is 15.9 Å². The third-order valence-corrected chi connectivity index (χ3v) is 2.19. The summed E-state index contributed by atoms with van der Waals surface area (Å²) in [6.45, 7) is 0. The minimum absolute atomic E-state index is 0.282. The molecule has 0 aliphatic rings. The second-order valence-electron chi connectivity index (χ2n) is 1.68. The standard InChI is InChI=1S/C6H2BrF2I/c7-3-1-4(8)6(9)5(10)2-3/h1-2H. The van der Waals surface area contributed by atoms with Crippen molar-refractivity contribution >= 4 is 38.5 Å². The molecule has 0 spiro atoms. The van der Waals surface area contributed by atoms with Gasteiger partial charge in [-0.3, -0.25) is 0 Å². The lowest BCUT2D eigenvalue weighted by molar-refractivity contribution is 0.503. The second-order valence-corrected chi connectivity index (χ2v) is 3.76. The van der Waals surface area contributed by atoms with Crippen LogP contribution in [0.4, 0.5) is 8.78 Å². The van der Waals surface area contributed by atoms with Gasteiger partial charge in [0.2, 0.25) is 0 Å². The Labute approximate surface area is 78.9 Å². The van der Waals surface area contributed by atoms with Crippen molar-refractivity contribution in [3.05, 3.63) is 31.8 Å². The van der Waals surface area contributed by atoms with E-state index >= 15 is 0 Å². The first-order valence-corrected chi connectivity index (χ1v) is 4.28. The molecule has 54 valence electrons. The van der Waals surface area contributed by atoms with Gasteiger partial charge in [-0.05, 0) is 34.7 Å². The molecule has 0 radical (unpaired) electrons. The highest BCUT2D eigenvalue weighted by molar-refractivity contribution is 14.1. The zero-order valence-electron chi connectivity index (χ0n) is 4.67. The summed E-state index contributed by atoms with van der Waals surface area (Å²) in [7, 11) is 0. The summed E-state index contributed by atoms with van der Waals surface area (Å²) in [6.07, 6.45) is 0. The van der Waals surface area contributed by atoms with E-state index in [4.69, 9.17) is 0 Å². The van der Waals surface area contributed by atoms with Gasteiger partial charge in [0.1, 0.15) is 0 Å². The van der Waals surface area contributed by atoms with Crippen molar-refractivity contribution in [3.8, 4) is 0 Å². The fraction of sp³-hybridized carbons (Fsp3) is 0. The van der Waals surface area contributed by atoms with Crippen molar-refractivity contribution in [3.63, 3.8) is 0 Å². The molecule has 0 amide bonds. The predicted octanol–water partition coefficient (Wildman–Crippen LogP) is 3.33. The van der Waals surface area contributed by atoms with Crippen LogP contribution in [0.15, 0.2) is 16.6 Å². The van der Waals surface area contributed by atoms with Crippen LogP contribution in [0.3, 0.4) is 0 Å². The largest absolute Gasteiger partial charge is 0.204 e. The third kappa shape index (κ3) is 1.66. The molecule has 0 aliphatic heterocycles. The molecule has 4 heteroatoms. The van der Waals surface area contributed by atoms with Gasteiger partial charge >= 0.3 is 0 Å². The fourth-order valence-electron chi connectivity index (χ4n) is 0.525. The van der Waals surface area contributed by atoms with Crippen molar-refractivity contribution in [2.45, 2.75) is 0 Å². The molecule has 1 aromatic rings. The van der Waals surface area contributed by atoms with Crippen LogP contribution in [0.2, 0.25) is 0 Å². The molecule has 0 saturated carbocycles. The first-order chi connectivity index (χ1) is 4.61. The quantitative estimate of drug-likeness (QED) is 0.391. The number of rotatable bonds is 0. The van der Waals surface area contributed by atoms with Crippen molar-refractivity contribution in [1.82, 2.24) is 0 Å². The zero-order chi connectivity index (χ0) is 7.72. The van der Waals surface area contributed by atoms with Crippen molar-refractivity contribution in [1.29, 1.82) is 0 Å². The lowest BCUT2D eigenvalue weighted by atomic mass is 10.3. The minimum Gasteiger partial charge on any atom is -0.204 e. The van der Waals surface area contributed by atoms with Gasteiger partial charge in [-0.2, -0.15) is 0 Å². The van der Waals surface area contributed by atoms with Crippen LogP contribution in [0.25, 0.3) is 0 Å². The average molecular weight is 319 g/mol. The SMILES string of the molecule is Fc1cc(Br)cc(I)c1F. The third-order valence-electron chi connectivity index (χ3n) is 0.949. The Kier molecular flexibility index (Phi) is 2.62. The summed E-state index contributed by atoms with van der Waals surface area (Å²) in [4.78, 5) is 0. The van der Waals surface area contributed by atoms with E-state index in [9.17, 15) is 8.78 Å². The monoisotopic (exact) mass is 318 g/mol. The van der Waals surface area contributed by atoms with Gasteiger partial charge < -0.3 is 0 Å². The van der Waals surface area contributed by atoms with Gasteiger partial charge in [0.15, 0.2) is 11.6 Å². The Morgan fingerprint density at radius 2 is 1.90 bits per heavy atom. The van der Waals surface area contributed by atoms with Crippen LogP contribution in [-0.2, 0) is 0 Å². The van der Waals surface area contributed by atoms with Gasteiger partial charge in [-0.1, -0.05) is 15.9 Å². The highest BCUT2D eigenvalue weighted by atomic mass is 127. The first kappa shape index (κ1) is 8.39. The summed E-state index contributed by atoms with van der Waals surface area (Å²) in [6, 6.07) is 2.61. The van der Waals surface area contributed by atoms with E-state index in [1.54, 1.807) is 22.6 Å².